The molecule has 0 atom stereocenters. The Morgan fingerprint density at radius 1 is 0.395 bits per heavy atom. The molecule has 6 nitrogen and oxygen atoms in total. The van der Waals surface area contributed by atoms with Crippen LogP contribution in [0.5, 0.6) is 0 Å². The van der Waals surface area contributed by atoms with Crippen LogP contribution in [-0.2, 0) is 0 Å². The number of carbonyl (C=O) groups is 4. The number of Topliss-reactive ketones (excluding diaryl/α,β-unsaturated/α-hetero) is 4. The summed E-state index contributed by atoms with van der Waals surface area (Å²) in [5.41, 5.74) is 6.62. The summed E-state index contributed by atoms with van der Waals surface area (Å²) in [4.78, 5) is 52.4. The van der Waals surface area contributed by atoms with Gasteiger partial charge in [0.2, 0.25) is 0 Å². The Bertz CT molecular complexity index is 1660. The average Bonchev–Trinajstić information content (AvgIpc) is 3.45. The first-order chi connectivity index (χ1) is 18.1. The molecule has 2 N–H and O–H groups in total. The largest absolute Gasteiger partial charge is 0.355 e. The Hall–Kier alpha value is -4.84. The van der Waals surface area contributed by atoms with Crippen LogP contribution < -0.4 is 0 Å². The third kappa shape index (κ3) is 4.52. The Morgan fingerprint density at radius 2 is 0.605 bits per heavy atom. The molecule has 0 aliphatic heterocycles. The minimum absolute atomic E-state index is 0.0407. The zero-order valence-electron chi connectivity index (χ0n) is 21.6. The molecule has 38 heavy (non-hydrogen) atoms. The van der Waals surface area contributed by atoms with E-state index < -0.39 is 0 Å². The number of carbonyl (C=O) groups excluding carboxylic acids is 4. The van der Waals surface area contributed by atoms with E-state index in [0.29, 0.717) is 22.3 Å². The highest BCUT2D eigenvalue weighted by atomic mass is 16.1. The van der Waals surface area contributed by atoms with Gasteiger partial charge in [0.25, 0.3) is 0 Å². The SMILES string of the molecule is CC(=O)c1ccc2[nH]c3ccc(C(C)=O)cc3c2c1.CC(=O)c1ccc2[nH]c3ccc(C(C)=O)cc3c2c1. The van der Waals surface area contributed by atoms with Gasteiger partial charge in [0.15, 0.2) is 23.1 Å². The zero-order chi connectivity index (χ0) is 27.1. The summed E-state index contributed by atoms with van der Waals surface area (Å²) in [6.45, 7) is 6.21. The summed E-state index contributed by atoms with van der Waals surface area (Å²) in [6, 6.07) is 22.4. The van der Waals surface area contributed by atoms with Crippen LogP contribution in [0.4, 0.5) is 0 Å². The fraction of sp³-hybridized carbons (Fsp3) is 0.125. The lowest BCUT2D eigenvalue weighted by atomic mass is 10.0. The minimum Gasteiger partial charge on any atom is -0.355 e. The molecule has 0 saturated heterocycles. The predicted molar refractivity (Wildman–Crippen MR) is 152 cm³/mol. The Balaban J connectivity index is 0.000000155. The normalized spacial score (nSPS) is 11.1. The van der Waals surface area contributed by atoms with Crippen LogP contribution in [0.2, 0.25) is 0 Å². The molecule has 0 aliphatic rings. The van der Waals surface area contributed by atoms with E-state index in [2.05, 4.69) is 9.97 Å². The Labute approximate surface area is 218 Å². The third-order valence-corrected chi connectivity index (χ3v) is 6.82. The lowest BCUT2D eigenvalue weighted by Gasteiger charge is -1.98. The van der Waals surface area contributed by atoms with Crippen molar-refractivity contribution in [3.63, 3.8) is 0 Å². The molecule has 0 spiro atoms. The van der Waals surface area contributed by atoms with Crippen molar-refractivity contribution in [1.29, 1.82) is 0 Å². The molecule has 4 aromatic carbocycles. The molecule has 2 heterocycles. The maximum absolute atomic E-state index is 11.5. The van der Waals surface area contributed by atoms with Crippen molar-refractivity contribution >= 4 is 66.7 Å². The van der Waals surface area contributed by atoms with Gasteiger partial charge in [0.05, 0.1) is 0 Å². The number of rotatable bonds is 4. The van der Waals surface area contributed by atoms with E-state index in [-0.39, 0.29) is 23.1 Å². The predicted octanol–water partition coefficient (Wildman–Crippen LogP) is 7.45. The van der Waals surface area contributed by atoms with Gasteiger partial charge in [0, 0.05) is 65.9 Å². The molecule has 0 fully saturated rings. The molecular weight excluding hydrogens is 476 g/mol. The first kappa shape index (κ1) is 24.8. The lowest BCUT2D eigenvalue weighted by Crippen LogP contribution is -1.91. The second-order valence-electron chi connectivity index (χ2n) is 9.52. The number of ketones is 4. The average molecular weight is 503 g/mol. The summed E-state index contributed by atoms with van der Waals surface area (Å²) in [6.07, 6.45) is 0. The van der Waals surface area contributed by atoms with E-state index in [9.17, 15) is 19.2 Å². The quantitative estimate of drug-likeness (QED) is 0.244. The molecule has 0 amide bonds. The highest BCUT2D eigenvalue weighted by Crippen LogP contribution is 2.28. The van der Waals surface area contributed by atoms with E-state index >= 15 is 0 Å². The summed E-state index contributed by atoms with van der Waals surface area (Å²) in [5.74, 6) is 0.163. The van der Waals surface area contributed by atoms with Crippen molar-refractivity contribution < 1.29 is 19.2 Å². The molecule has 0 radical (unpaired) electrons. The zero-order valence-corrected chi connectivity index (χ0v) is 21.6. The molecule has 0 aliphatic carbocycles. The highest BCUT2D eigenvalue weighted by Gasteiger charge is 2.10. The molecule has 6 rings (SSSR count). The van der Waals surface area contributed by atoms with Gasteiger partial charge < -0.3 is 9.97 Å². The number of H-pyrrole nitrogens is 2. The van der Waals surface area contributed by atoms with Crippen LogP contribution in [0, 0.1) is 0 Å². The Kier molecular flexibility index (Phi) is 6.25. The highest BCUT2D eigenvalue weighted by molar-refractivity contribution is 6.13. The molecule has 0 bridgehead atoms. The summed E-state index contributed by atoms with van der Waals surface area (Å²) >= 11 is 0. The maximum atomic E-state index is 11.5. The molecule has 0 unspecified atom stereocenters. The summed E-state index contributed by atoms with van der Waals surface area (Å²) in [7, 11) is 0. The smallest absolute Gasteiger partial charge is 0.159 e. The van der Waals surface area contributed by atoms with Crippen molar-refractivity contribution in [3.8, 4) is 0 Å². The molecule has 2 aromatic heterocycles. The van der Waals surface area contributed by atoms with Crippen molar-refractivity contribution in [3.05, 3.63) is 95.1 Å². The molecule has 6 heteroatoms. The Morgan fingerprint density at radius 3 is 0.789 bits per heavy atom. The van der Waals surface area contributed by atoms with Crippen LogP contribution in [0.3, 0.4) is 0 Å². The topological polar surface area (TPSA) is 99.9 Å². The van der Waals surface area contributed by atoms with Gasteiger partial charge in [-0.05, 0) is 100 Å². The summed E-state index contributed by atoms with van der Waals surface area (Å²) < 4.78 is 0. The van der Waals surface area contributed by atoms with Crippen LogP contribution in [0.15, 0.2) is 72.8 Å². The van der Waals surface area contributed by atoms with Gasteiger partial charge in [-0.3, -0.25) is 19.2 Å². The first-order valence-electron chi connectivity index (χ1n) is 12.3. The van der Waals surface area contributed by atoms with E-state index in [0.717, 1.165) is 43.6 Å². The third-order valence-electron chi connectivity index (χ3n) is 6.82. The monoisotopic (exact) mass is 502 g/mol. The van der Waals surface area contributed by atoms with E-state index in [1.807, 2.05) is 72.8 Å². The second kappa shape index (κ2) is 9.56. The van der Waals surface area contributed by atoms with E-state index in [4.69, 9.17) is 0 Å². The number of aromatic amines is 2. The van der Waals surface area contributed by atoms with Gasteiger partial charge in [0.1, 0.15) is 0 Å². The van der Waals surface area contributed by atoms with Crippen molar-refractivity contribution in [2.24, 2.45) is 0 Å². The van der Waals surface area contributed by atoms with E-state index in [1.165, 1.54) is 0 Å². The molecule has 188 valence electrons. The van der Waals surface area contributed by atoms with Crippen LogP contribution in [0.25, 0.3) is 43.6 Å². The number of fused-ring (bicyclic) bond motifs is 6. The number of hydrogen-bond acceptors (Lipinski definition) is 4. The number of benzene rings is 4. The fourth-order valence-electron chi connectivity index (χ4n) is 4.67. The molecule has 6 aromatic rings. The van der Waals surface area contributed by atoms with Gasteiger partial charge in [-0.15, -0.1) is 0 Å². The van der Waals surface area contributed by atoms with Gasteiger partial charge in [-0.1, -0.05) is 0 Å². The minimum atomic E-state index is 0.0407. The van der Waals surface area contributed by atoms with Crippen molar-refractivity contribution in [2.75, 3.05) is 0 Å². The summed E-state index contributed by atoms with van der Waals surface area (Å²) in [5, 5.41) is 3.91. The van der Waals surface area contributed by atoms with Crippen LogP contribution in [-0.4, -0.2) is 33.1 Å². The van der Waals surface area contributed by atoms with Crippen molar-refractivity contribution in [1.82, 2.24) is 9.97 Å². The molecular formula is C32H26N2O4. The van der Waals surface area contributed by atoms with Gasteiger partial charge in [-0.2, -0.15) is 0 Å². The lowest BCUT2D eigenvalue weighted by molar-refractivity contribution is 0.100. The molecule has 0 saturated carbocycles. The first-order valence-corrected chi connectivity index (χ1v) is 12.3. The van der Waals surface area contributed by atoms with Gasteiger partial charge in [-0.25, -0.2) is 0 Å². The standard InChI is InChI=1S/2C16H13NO2/c2*1-9(18)11-3-5-15-13(7-11)14-8-12(10(2)19)4-6-16(14)17-15/h2*3-8,17H,1-2H3. The number of aromatic nitrogens is 2. The van der Waals surface area contributed by atoms with E-state index in [1.54, 1.807) is 27.7 Å². The number of nitrogens with one attached hydrogen (secondary N) is 2. The van der Waals surface area contributed by atoms with Crippen molar-refractivity contribution in [2.45, 2.75) is 27.7 Å². The maximum Gasteiger partial charge on any atom is 0.159 e. The van der Waals surface area contributed by atoms with Gasteiger partial charge >= 0.3 is 0 Å². The second-order valence-corrected chi connectivity index (χ2v) is 9.52. The fourth-order valence-corrected chi connectivity index (χ4v) is 4.67. The van der Waals surface area contributed by atoms with Crippen LogP contribution >= 0.6 is 0 Å². The number of hydrogen-bond donors (Lipinski definition) is 2. The van der Waals surface area contributed by atoms with Crippen LogP contribution in [0.1, 0.15) is 69.1 Å².